The number of rotatable bonds is 7. The van der Waals surface area contributed by atoms with Crippen LogP contribution in [0.5, 0.6) is 0 Å². The van der Waals surface area contributed by atoms with E-state index in [-0.39, 0.29) is 0 Å². The van der Waals surface area contributed by atoms with Crippen molar-refractivity contribution in [3.05, 3.63) is 0 Å². The van der Waals surface area contributed by atoms with E-state index in [0.29, 0.717) is 0 Å². The Morgan fingerprint density at radius 1 is 1.25 bits per heavy atom. The lowest BCUT2D eigenvalue weighted by Crippen LogP contribution is -2.30. The molecule has 0 N–H and O–H groups in total. The van der Waals surface area contributed by atoms with E-state index in [9.17, 15) is 0 Å². The Hall–Kier alpha value is 0.907. The minimum absolute atomic E-state index is 0.983. The Kier molecular flexibility index (Phi) is 7.88. The number of halogens is 1. The van der Waals surface area contributed by atoms with Gasteiger partial charge in [0.05, 0.1) is 0 Å². The molecule has 0 aliphatic rings. The molecule has 0 aromatic carbocycles. The van der Waals surface area contributed by atoms with Crippen LogP contribution >= 0.6 is 22.6 Å². The van der Waals surface area contributed by atoms with Crippen LogP contribution in [0, 0.1) is 0 Å². The molecule has 1 nitrogen and oxygen atoms in total. The van der Waals surface area contributed by atoms with Gasteiger partial charge in [-0.05, 0) is 36.4 Å². The summed E-state index contributed by atoms with van der Waals surface area (Å²) in [4.78, 5) is 0. The van der Waals surface area contributed by atoms with Crippen molar-refractivity contribution in [1.29, 1.82) is 0 Å². The van der Waals surface area contributed by atoms with Gasteiger partial charge in [0.1, 0.15) is 0 Å². The maximum atomic E-state index is 5.91. The van der Waals surface area contributed by atoms with Crippen molar-refractivity contribution in [2.24, 2.45) is 0 Å². The first-order valence-electron chi connectivity index (χ1n) is 4.82. The molecular formula is C9H21IOSi. The molecule has 0 radical (unpaired) electrons. The van der Waals surface area contributed by atoms with Crippen LogP contribution in [0.2, 0.25) is 19.1 Å². The van der Waals surface area contributed by atoms with E-state index in [1.54, 1.807) is 0 Å². The second kappa shape index (κ2) is 7.32. The summed E-state index contributed by atoms with van der Waals surface area (Å²) in [5.74, 6) is 0. The van der Waals surface area contributed by atoms with Crippen molar-refractivity contribution in [3.8, 4) is 0 Å². The Morgan fingerprint density at radius 2 is 1.92 bits per heavy atom. The van der Waals surface area contributed by atoms with Crippen LogP contribution in [-0.2, 0) is 4.43 Å². The SMILES string of the molecule is CCCCO[Si](C)(C)CCCI. The third kappa shape index (κ3) is 7.55. The van der Waals surface area contributed by atoms with Crippen molar-refractivity contribution < 1.29 is 4.43 Å². The van der Waals surface area contributed by atoms with Gasteiger partial charge < -0.3 is 4.43 Å². The van der Waals surface area contributed by atoms with Crippen LogP contribution in [0.1, 0.15) is 26.2 Å². The van der Waals surface area contributed by atoms with E-state index >= 15 is 0 Å². The molecule has 0 saturated heterocycles. The second-order valence-electron chi connectivity index (χ2n) is 3.75. The normalized spacial score (nSPS) is 12.0. The smallest absolute Gasteiger partial charge is 0.186 e. The predicted octanol–water partition coefficient (Wildman–Crippen LogP) is 3.83. The fourth-order valence-electron chi connectivity index (χ4n) is 1.06. The lowest BCUT2D eigenvalue weighted by atomic mass is 10.4. The molecule has 0 rings (SSSR count). The predicted molar refractivity (Wildman–Crippen MR) is 66.7 cm³/mol. The highest BCUT2D eigenvalue weighted by molar-refractivity contribution is 14.1. The van der Waals surface area contributed by atoms with Crippen LogP contribution < -0.4 is 0 Å². The molecule has 0 fully saturated rings. The zero-order chi connectivity index (χ0) is 9.45. The van der Waals surface area contributed by atoms with E-state index in [2.05, 4.69) is 42.6 Å². The highest BCUT2D eigenvalue weighted by Crippen LogP contribution is 2.15. The lowest BCUT2D eigenvalue weighted by Gasteiger charge is -2.22. The monoisotopic (exact) mass is 300 g/mol. The average molecular weight is 300 g/mol. The van der Waals surface area contributed by atoms with Crippen molar-refractivity contribution >= 4 is 30.9 Å². The third-order valence-electron chi connectivity index (χ3n) is 1.90. The summed E-state index contributed by atoms with van der Waals surface area (Å²) in [5.41, 5.74) is 0. The molecule has 0 atom stereocenters. The highest BCUT2D eigenvalue weighted by Gasteiger charge is 2.20. The summed E-state index contributed by atoms with van der Waals surface area (Å²) in [6, 6.07) is 1.32. The van der Waals surface area contributed by atoms with Crippen molar-refractivity contribution in [2.75, 3.05) is 11.0 Å². The van der Waals surface area contributed by atoms with Gasteiger partial charge in [-0.25, -0.2) is 0 Å². The molecule has 0 aromatic rings. The quantitative estimate of drug-likeness (QED) is 0.300. The van der Waals surface area contributed by atoms with Crippen LogP contribution in [0.15, 0.2) is 0 Å². The van der Waals surface area contributed by atoms with Gasteiger partial charge >= 0.3 is 0 Å². The summed E-state index contributed by atoms with van der Waals surface area (Å²) >= 11 is 2.44. The molecule has 0 aliphatic carbocycles. The van der Waals surface area contributed by atoms with Crippen molar-refractivity contribution in [1.82, 2.24) is 0 Å². The van der Waals surface area contributed by atoms with E-state index < -0.39 is 8.32 Å². The molecule has 12 heavy (non-hydrogen) atoms. The van der Waals surface area contributed by atoms with Gasteiger partial charge in [-0.15, -0.1) is 0 Å². The maximum absolute atomic E-state index is 5.91. The first kappa shape index (κ1) is 12.9. The van der Waals surface area contributed by atoms with Gasteiger partial charge in [-0.3, -0.25) is 0 Å². The standard InChI is InChI=1S/C9H21IOSi/c1-4-5-8-11-12(2,3)9-6-7-10/h4-9H2,1-3H3. The summed E-state index contributed by atoms with van der Waals surface area (Å²) in [5, 5.41) is 0. The summed E-state index contributed by atoms with van der Waals surface area (Å²) in [6.45, 7) is 7.85. The van der Waals surface area contributed by atoms with Crippen LogP contribution in [-0.4, -0.2) is 19.4 Å². The van der Waals surface area contributed by atoms with Crippen molar-refractivity contribution in [3.63, 3.8) is 0 Å². The molecule has 3 heteroatoms. The summed E-state index contributed by atoms with van der Waals surface area (Å²) in [7, 11) is -1.27. The molecular weight excluding hydrogens is 279 g/mol. The largest absolute Gasteiger partial charge is 0.417 e. The molecule has 0 aromatic heterocycles. The molecule has 0 spiro atoms. The van der Waals surface area contributed by atoms with Crippen molar-refractivity contribution in [2.45, 2.75) is 45.3 Å². The van der Waals surface area contributed by atoms with E-state index in [0.717, 1.165) is 6.61 Å². The number of unbranched alkanes of at least 4 members (excludes halogenated alkanes) is 1. The summed E-state index contributed by atoms with van der Waals surface area (Å²) < 4.78 is 7.18. The topological polar surface area (TPSA) is 9.23 Å². The maximum Gasteiger partial charge on any atom is 0.186 e. The first-order valence-corrected chi connectivity index (χ1v) is 9.46. The third-order valence-corrected chi connectivity index (χ3v) is 5.21. The molecule has 74 valence electrons. The number of alkyl halides is 1. The fraction of sp³-hybridized carbons (Fsp3) is 1.00. The van der Waals surface area contributed by atoms with Gasteiger partial charge in [0.25, 0.3) is 0 Å². The Balaban J connectivity index is 3.42. The number of hydrogen-bond donors (Lipinski definition) is 0. The highest BCUT2D eigenvalue weighted by atomic mass is 127. The zero-order valence-electron chi connectivity index (χ0n) is 8.53. The van der Waals surface area contributed by atoms with Gasteiger partial charge in [0, 0.05) is 6.61 Å². The van der Waals surface area contributed by atoms with E-state index in [1.807, 2.05) is 0 Å². The molecule has 0 unspecified atom stereocenters. The minimum atomic E-state index is -1.27. The average Bonchev–Trinajstić information content (AvgIpc) is 2.01. The molecule has 0 amide bonds. The molecule has 0 aliphatic heterocycles. The minimum Gasteiger partial charge on any atom is -0.417 e. The van der Waals surface area contributed by atoms with Gasteiger partial charge in [0.2, 0.25) is 0 Å². The second-order valence-corrected chi connectivity index (χ2v) is 9.14. The van der Waals surface area contributed by atoms with Crippen LogP contribution in [0.4, 0.5) is 0 Å². The zero-order valence-corrected chi connectivity index (χ0v) is 11.7. The fourth-order valence-corrected chi connectivity index (χ4v) is 4.03. The lowest BCUT2D eigenvalue weighted by molar-refractivity contribution is 0.298. The molecule has 0 bridgehead atoms. The van der Waals surface area contributed by atoms with E-state index in [1.165, 1.54) is 29.7 Å². The first-order chi connectivity index (χ1) is 5.62. The van der Waals surface area contributed by atoms with Crippen LogP contribution in [0.3, 0.4) is 0 Å². The van der Waals surface area contributed by atoms with Gasteiger partial charge in [-0.1, -0.05) is 35.9 Å². The molecule has 0 saturated carbocycles. The van der Waals surface area contributed by atoms with E-state index in [4.69, 9.17) is 4.43 Å². The van der Waals surface area contributed by atoms with Gasteiger partial charge in [0.15, 0.2) is 8.32 Å². The Labute approximate surface area is 91.5 Å². The number of hydrogen-bond acceptors (Lipinski definition) is 1. The Morgan fingerprint density at radius 3 is 2.42 bits per heavy atom. The Bertz CT molecular complexity index is 107. The molecule has 0 heterocycles. The van der Waals surface area contributed by atoms with Gasteiger partial charge in [-0.2, -0.15) is 0 Å². The van der Waals surface area contributed by atoms with Crippen LogP contribution in [0.25, 0.3) is 0 Å². The summed E-state index contributed by atoms with van der Waals surface area (Å²) in [6.07, 6.45) is 3.79.